The number of carbonyl (C=O) groups is 3. The number of ketones is 2. The van der Waals surface area contributed by atoms with Crippen LogP contribution in [0.5, 0.6) is 0 Å². The number of ether oxygens (including phenoxy) is 1. The minimum Gasteiger partial charge on any atom is -0.457 e. The molecule has 6 heteroatoms. The van der Waals surface area contributed by atoms with Gasteiger partial charge in [0.2, 0.25) is 5.78 Å². The van der Waals surface area contributed by atoms with E-state index in [1.165, 1.54) is 0 Å². The molecule has 0 heterocycles. The van der Waals surface area contributed by atoms with Crippen LogP contribution in [0.25, 0.3) is 5.53 Å². The van der Waals surface area contributed by atoms with E-state index in [4.69, 9.17) is 5.53 Å². The lowest BCUT2D eigenvalue weighted by molar-refractivity contribution is -0.141. The lowest BCUT2D eigenvalue weighted by Crippen LogP contribution is -2.28. The lowest BCUT2D eigenvalue weighted by atomic mass is 10.1. The van der Waals surface area contributed by atoms with E-state index in [2.05, 4.69) is 21.4 Å². The third kappa shape index (κ3) is 6.92. The molecule has 0 N–H and O–H groups in total. The first-order chi connectivity index (χ1) is 9.06. The summed E-state index contributed by atoms with van der Waals surface area (Å²) in [5, 5.41) is 0. The van der Waals surface area contributed by atoms with Crippen molar-refractivity contribution in [3.05, 3.63) is 5.53 Å². The number of rotatable bonds is 7. The molecule has 0 radical (unpaired) electrons. The Bertz CT molecular complexity index is 465. The van der Waals surface area contributed by atoms with Crippen LogP contribution in [0, 0.1) is 11.8 Å². The van der Waals surface area contributed by atoms with E-state index in [1.807, 2.05) is 6.92 Å². The topological polar surface area (TPSA) is 96.8 Å². The molecule has 6 nitrogen and oxygen atoms in total. The monoisotopic (exact) mass is 264 g/mol. The predicted octanol–water partition coefficient (Wildman–Crippen LogP) is 0.942. The van der Waals surface area contributed by atoms with Gasteiger partial charge in [0, 0.05) is 6.42 Å². The van der Waals surface area contributed by atoms with E-state index < -0.39 is 29.7 Å². The Labute approximate surface area is 111 Å². The number of Topliss-reactive ketones (excluding diaryl/α,β-unsaturated/α-hetero) is 2. The van der Waals surface area contributed by atoms with E-state index in [1.54, 1.807) is 6.92 Å². The number of unbranched alkanes of at least 4 members (excludes halogenated alkanes) is 2. The van der Waals surface area contributed by atoms with E-state index >= 15 is 0 Å². The number of nitrogens with zero attached hydrogens (tertiary/aromatic N) is 2. The van der Waals surface area contributed by atoms with E-state index in [0.717, 1.165) is 12.8 Å². The number of carbonyl (C=O) groups excluding carboxylic acids is 3. The largest absolute Gasteiger partial charge is 0.457 e. The molecule has 0 amide bonds. The summed E-state index contributed by atoms with van der Waals surface area (Å²) in [4.78, 5) is 36.6. The zero-order chi connectivity index (χ0) is 14.7. The van der Waals surface area contributed by atoms with Gasteiger partial charge in [0.25, 0.3) is 5.78 Å². The Balaban J connectivity index is 4.50. The van der Waals surface area contributed by atoms with Gasteiger partial charge in [-0.1, -0.05) is 19.3 Å². The van der Waals surface area contributed by atoms with Crippen molar-refractivity contribution in [2.75, 3.05) is 6.61 Å². The number of hydrogen-bond acceptors (Lipinski definition) is 4. The van der Waals surface area contributed by atoms with Crippen molar-refractivity contribution in [3.63, 3.8) is 0 Å². The lowest BCUT2D eigenvalue weighted by Gasteiger charge is -1.95. The van der Waals surface area contributed by atoms with Gasteiger partial charge in [0.1, 0.15) is 0 Å². The molecule has 0 bridgehead atoms. The van der Waals surface area contributed by atoms with Crippen molar-refractivity contribution < 1.29 is 23.9 Å². The van der Waals surface area contributed by atoms with Gasteiger partial charge in [-0.15, -0.1) is 0 Å². The van der Waals surface area contributed by atoms with Crippen molar-refractivity contribution in [3.8, 4) is 11.8 Å². The summed E-state index contributed by atoms with van der Waals surface area (Å²) in [5.74, 6) is 2.35. The molecule has 0 saturated carbocycles. The van der Waals surface area contributed by atoms with Gasteiger partial charge in [-0.2, -0.15) is 4.79 Å². The molecule has 0 aliphatic carbocycles. The van der Waals surface area contributed by atoms with Crippen LogP contribution in [0.1, 0.15) is 39.5 Å². The highest BCUT2D eigenvalue weighted by Crippen LogP contribution is 1.93. The minimum atomic E-state index is -1.05. The maximum Gasteiger partial charge on any atom is 0.441 e. The summed E-state index contributed by atoms with van der Waals surface area (Å²) in [7, 11) is 0. The summed E-state index contributed by atoms with van der Waals surface area (Å²) in [6.07, 6.45) is 1.82. The summed E-state index contributed by atoms with van der Waals surface area (Å²) in [6, 6.07) is 0. The van der Waals surface area contributed by atoms with E-state index in [-0.39, 0.29) is 6.61 Å². The molecule has 0 rings (SSSR count). The molecule has 0 aromatic carbocycles. The average Bonchev–Trinajstić information content (AvgIpc) is 2.35. The van der Waals surface area contributed by atoms with Crippen molar-refractivity contribution in [2.45, 2.75) is 39.5 Å². The first kappa shape index (κ1) is 16.8. The molecule has 0 fully saturated rings. The van der Waals surface area contributed by atoms with Gasteiger partial charge in [-0.05, 0) is 19.3 Å². The second-order valence-corrected chi connectivity index (χ2v) is 3.60. The van der Waals surface area contributed by atoms with Gasteiger partial charge in [0.05, 0.1) is 13.0 Å². The average molecular weight is 264 g/mol. The van der Waals surface area contributed by atoms with Gasteiger partial charge in [-0.3, -0.25) is 9.59 Å². The molecule has 0 aliphatic heterocycles. The van der Waals surface area contributed by atoms with Crippen LogP contribution in [-0.4, -0.2) is 34.6 Å². The highest BCUT2D eigenvalue weighted by atomic mass is 16.5. The van der Waals surface area contributed by atoms with Crippen LogP contribution in [0.15, 0.2) is 0 Å². The first-order valence-electron chi connectivity index (χ1n) is 6.00. The fourth-order valence-electron chi connectivity index (χ4n) is 1.11. The van der Waals surface area contributed by atoms with E-state index in [0.29, 0.717) is 6.42 Å². The maximum atomic E-state index is 11.5. The Kier molecular flexibility index (Phi) is 8.59. The Morgan fingerprint density at radius 1 is 1.26 bits per heavy atom. The molecule has 0 aliphatic rings. The van der Waals surface area contributed by atoms with Crippen LogP contribution in [0.4, 0.5) is 0 Å². The van der Waals surface area contributed by atoms with Crippen molar-refractivity contribution in [1.82, 2.24) is 0 Å². The zero-order valence-electron chi connectivity index (χ0n) is 11.1. The van der Waals surface area contributed by atoms with Gasteiger partial charge >= 0.3 is 11.7 Å². The number of esters is 1. The highest BCUT2D eigenvalue weighted by molar-refractivity contribution is 6.63. The summed E-state index contributed by atoms with van der Waals surface area (Å²) in [5.41, 5.74) is 7.78. The molecule has 19 heavy (non-hydrogen) atoms. The quantitative estimate of drug-likeness (QED) is 0.0998. The number of hydrogen-bond donors (Lipinski definition) is 0. The smallest absolute Gasteiger partial charge is 0.441 e. The van der Waals surface area contributed by atoms with Gasteiger partial charge < -0.3 is 10.3 Å². The first-order valence-corrected chi connectivity index (χ1v) is 6.00. The molecule has 102 valence electrons. The second-order valence-electron chi connectivity index (χ2n) is 3.60. The van der Waals surface area contributed by atoms with Crippen LogP contribution in [0.2, 0.25) is 0 Å². The Hall–Kier alpha value is -2.25. The Morgan fingerprint density at radius 3 is 2.47 bits per heavy atom. The third-order valence-corrected chi connectivity index (χ3v) is 2.04. The van der Waals surface area contributed by atoms with Crippen molar-refractivity contribution in [2.24, 2.45) is 0 Å². The summed E-state index contributed by atoms with van der Waals surface area (Å²) < 4.78 is 4.51. The molecule has 0 spiro atoms. The molecule has 0 unspecified atom stereocenters. The standard InChI is InChI=1S/C13H16N2O4/c1-3-5-6-7-8-10(16)9-11(17)12(15-14)13(18)19-4-2/h3-6,9H2,1-2H3. The highest BCUT2D eigenvalue weighted by Gasteiger charge is 2.31. The van der Waals surface area contributed by atoms with E-state index in [9.17, 15) is 14.4 Å². The second kappa shape index (κ2) is 9.75. The molecular weight excluding hydrogens is 248 g/mol. The van der Waals surface area contributed by atoms with Crippen LogP contribution < -0.4 is 0 Å². The molecule has 0 aromatic heterocycles. The molecule has 0 saturated heterocycles. The fourth-order valence-corrected chi connectivity index (χ4v) is 1.11. The third-order valence-electron chi connectivity index (χ3n) is 2.04. The predicted molar refractivity (Wildman–Crippen MR) is 67.2 cm³/mol. The summed E-state index contributed by atoms with van der Waals surface area (Å²) in [6.45, 7) is 3.58. The minimum absolute atomic E-state index is 0.0376. The zero-order valence-corrected chi connectivity index (χ0v) is 11.1. The molecule has 0 aromatic rings. The van der Waals surface area contributed by atoms with Gasteiger partial charge in [0.15, 0.2) is 0 Å². The van der Waals surface area contributed by atoms with Crippen LogP contribution in [-0.2, 0) is 19.1 Å². The molecular formula is C13H16N2O4. The van der Waals surface area contributed by atoms with Crippen LogP contribution in [0.3, 0.4) is 0 Å². The van der Waals surface area contributed by atoms with Crippen LogP contribution >= 0.6 is 0 Å². The SMILES string of the molecule is CCCCC#CC(=O)CC(=O)C(=[N+]=[N-])C(=O)OCC. The normalized spacial score (nSPS) is 8.74. The Morgan fingerprint density at radius 2 is 1.95 bits per heavy atom. The summed E-state index contributed by atoms with van der Waals surface area (Å²) >= 11 is 0. The van der Waals surface area contributed by atoms with Crippen molar-refractivity contribution >= 4 is 23.2 Å². The van der Waals surface area contributed by atoms with Gasteiger partial charge in [-0.25, -0.2) is 4.79 Å². The molecule has 0 atom stereocenters. The van der Waals surface area contributed by atoms with Crippen molar-refractivity contribution in [1.29, 1.82) is 0 Å². The maximum absolute atomic E-state index is 11.5. The fraction of sp³-hybridized carbons (Fsp3) is 0.538.